The molecule has 0 saturated carbocycles. The monoisotopic (exact) mass is 516 g/mol. The highest BCUT2D eigenvalue weighted by Gasteiger charge is 2.27. The Labute approximate surface area is 219 Å². The highest BCUT2D eigenvalue weighted by molar-refractivity contribution is 7.22. The predicted molar refractivity (Wildman–Crippen MR) is 145 cm³/mol. The van der Waals surface area contributed by atoms with E-state index in [0.29, 0.717) is 37.7 Å². The Bertz CT molecular complexity index is 1410. The largest absolute Gasteiger partial charge is 0.444 e. The van der Waals surface area contributed by atoms with Crippen LogP contribution in [-0.4, -0.2) is 63.6 Å². The van der Waals surface area contributed by atoms with Crippen LogP contribution in [0, 0.1) is 0 Å². The van der Waals surface area contributed by atoms with Crippen LogP contribution in [0.1, 0.15) is 31.3 Å². The number of aromatic nitrogens is 3. The standard InChI is InChI=1S/C27H28N6O3S/c1-27(2,3)36-26(35)33-14-12-32(13-15-33)21-9-10-28-17-20(21)31-25(34)19-8-11-29-24(30-19)23-16-18-6-4-5-7-22(18)37-23/h4-11,16-17H,12-15H2,1-3H3,(H,31,34). The third kappa shape index (κ3) is 5.69. The van der Waals surface area contributed by atoms with Gasteiger partial charge in [-0.3, -0.25) is 9.78 Å². The number of benzene rings is 1. The number of nitrogens with one attached hydrogen (secondary N) is 1. The number of carbonyl (C=O) groups is 2. The predicted octanol–water partition coefficient (Wildman–Crippen LogP) is 5.06. The normalized spacial score (nSPS) is 14.0. The summed E-state index contributed by atoms with van der Waals surface area (Å²) < 4.78 is 6.63. The van der Waals surface area contributed by atoms with Crippen molar-refractivity contribution in [2.24, 2.45) is 0 Å². The zero-order chi connectivity index (χ0) is 26.0. The maximum atomic E-state index is 13.2. The van der Waals surface area contributed by atoms with Crippen molar-refractivity contribution < 1.29 is 14.3 Å². The van der Waals surface area contributed by atoms with Crippen molar-refractivity contribution >= 4 is 44.8 Å². The molecule has 1 saturated heterocycles. The summed E-state index contributed by atoms with van der Waals surface area (Å²) in [7, 11) is 0. The number of nitrogens with zero attached hydrogens (tertiary/aromatic N) is 5. The van der Waals surface area contributed by atoms with Gasteiger partial charge in [-0.25, -0.2) is 14.8 Å². The molecule has 4 aromatic rings. The lowest BCUT2D eigenvalue weighted by Gasteiger charge is -2.37. The lowest BCUT2D eigenvalue weighted by molar-refractivity contribution is 0.0240. The summed E-state index contributed by atoms with van der Waals surface area (Å²) in [6.45, 7) is 7.83. The second-order valence-corrected chi connectivity index (χ2v) is 10.8. The molecule has 1 aliphatic rings. The van der Waals surface area contributed by atoms with Gasteiger partial charge in [0, 0.05) is 43.3 Å². The van der Waals surface area contributed by atoms with Crippen molar-refractivity contribution in [2.45, 2.75) is 26.4 Å². The van der Waals surface area contributed by atoms with E-state index < -0.39 is 5.60 Å². The van der Waals surface area contributed by atoms with Crippen molar-refractivity contribution in [3.05, 3.63) is 66.7 Å². The molecule has 1 aromatic carbocycles. The Kier molecular flexibility index (Phi) is 6.75. The van der Waals surface area contributed by atoms with Gasteiger partial charge in [0.25, 0.3) is 5.91 Å². The first-order valence-electron chi connectivity index (χ1n) is 12.1. The first-order valence-corrected chi connectivity index (χ1v) is 12.9. The molecule has 0 spiro atoms. The van der Waals surface area contributed by atoms with Crippen LogP contribution in [-0.2, 0) is 4.74 Å². The molecule has 5 rings (SSSR count). The molecule has 2 amide bonds. The lowest BCUT2D eigenvalue weighted by atomic mass is 10.2. The molecule has 10 heteroatoms. The van der Waals surface area contributed by atoms with E-state index in [1.807, 2.05) is 51.1 Å². The van der Waals surface area contributed by atoms with E-state index in [1.165, 1.54) is 0 Å². The number of hydrogen-bond acceptors (Lipinski definition) is 8. The highest BCUT2D eigenvalue weighted by atomic mass is 32.1. The lowest BCUT2D eigenvalue weighted by Crippen LogP contribution is -2.50. The highest BCUT2D eigenvalue weighted by Crippen LogP contribution is 2.32. The van der Waals surface area contributed by atoms with E-state index >= 15 is 0 Å². The average molecular weight is 517 g/mol. The molecule has 1 N–H and O–H groups in total. The summed E-state index contributed by atoms with van der Waals surface area (Å²) in [5.41, 5.74) is 1.16. The number of ether oxygens (including phenoxy) is 1. The fourth-order valence-electron chi connectivity index (χ4n) is 4.10. The third-order valence-electron chi connectivity index (χ3n) is 5.85. The minimum Gasteiger partial charge on any atom is -0.444 e. The molecule has 0 unspecified atom stereocenters. The van der Waals surface area contributed by atoms with E-state index in [9.17, 15) is 9.59 Å². The van der Waals surface area contributed by atoms with Crippen LogP contribution in [0.2, 0.25) is 0 Å². The maximum absolute atomic E-state index is 13.2. The third-order valence-corrected chi connectivity index (χ3v) is 6.96. The molecule has 0 atom stereocenters. The molecular formula is C27H28N6O3S. The molecule has 0 radical (unpaired) electrons. The van der Waals surface area contributed by atoms with Crippen LogP contribution in [0.15, 0.2) is 61.1 Å². The number of fused-ring (bicyclic) bond motifs is 1. The van der Waals surface area contributed by atoms with Crippen LogP contribution < -0.4 is 10.2 Å². The van der Waals surface area contributed by atoms with E-state index in [4.69, 9.17) is 4.74 Å². The van der Waals surface area contributed by atoms with Gasteiger partial charge in [-0.15, -0.1) is 11.3 Å². The van der Waals surface area contributed by atoms with Crippen molar-refractivity contribution in [1.82, 2.24) is 19.9 Å². The van der Waals surface area contributed by atoms with Gasteiger partial charge in [0.1, 0.15) is 11.3 Å². The van der Waals surface area contributed by atoms with Crippen LogP contribution in [0.4, 0.5) is 16.2 Å². The molecule has 1 fully saturated rings. The zero-order valence-electron chi connectivity index (χ0n) is 21.0. The minimum atomic E-state index is -0.533. The number of pyridine rings is 1. The Morgan fingerprint density at radius 2 is 1.81 bits per heavy atom. The van der Waals surface area contributed by atoms with Crippen LogP contribution in [0.25, 0.3) is 20.8 Å². The van der Waals surface area contributed by atoms with Crippen molar-refractivity contribution in [2.75, 3.05) is 36.4 Å². The van der Waals surface area contributed by atoms with Crippen LogP contribution >= 0.6 is 11.3 Å². The molecule has 3 aromatic heterocycles. The molecule has 0 aliphatic carbocycles. The fraction of sp³-hybridized carbons (Fsp3) is 0.296. The van der Waals surface area contributed by atoms with E-state index in [0.717, 1.165) is 20.7 Å². The molecule has 4 heterocycles. The topological polar surface area (TPSA) is 101 Å². The zero-order valence-corrected chi connectivity index (χ0v) is 21.8. The average Bonchev–Trinajstić information content (AvgIpc) is 3.33. The van der Waals surface area contributed by atoms with Gasteiger partial charge in [0.2, 0.25) is 0 Å². The summed E-state index contributed by atoms with van der Waals surface area (Å²) in [5.74, 6) is 0.171. The van der Waals surface area contributed by atoms with Crippen molar-refractivity contribution in [3.8, 4) is 10.7 Å². The summed E-state index contributed by atoms with van der Waals surface area (Å²) in [6.07, 6.45) is 4.60. The minimum absolute atomic E-state index is 0.270. The molecule has 9 nitrogen and oxygen atoms in total. The van der Waals surface area contributed by atoms with Gasteiger partial charge in [0.05, 0.1) is 22.4 Å². The van der Waals surface area contributed by atoms with Gasteiger partial charge in [-0.05, 0) is 50.4 Å². The summed E-state index contributed by atoms with van der Waals surface area (Å²) in [6, 6.07) is 13.6. The van der Waals surface area contributed by atoms with E-state index in [2.05, 4.69) is 31.2 Å². The number of thiophene rings is 1. The quantitative estimate of drug-likeness (QED) is 0.404. The van der Waals surface area contributed by atoms with Gasteiger partial charge < -0.3 is 19.9 Å². The van der Waals surface area contributed by atoms with Gasteiger partial charge in [-0.1, -0.05) is 18.2 Å². The Morgan fingerprint density at radius 1 is 1.03 bits per heavy atom. The Hall–Kier alpha value is -4.05. The number of amides is 2. The second kappa shape index (κ2) is 10.1. The number of carbonyl (C=O) groups excluding carboxylic acids is 2. The van der Waals surface area contributed by atoms with E-state index in [1.54, 1.807) is 40.9 Å². The number of hydrogen-bond donors (Lipinski definition) is 1. The van der Waals surface area contributed by atoms with Crippen molar-refractivity contribution in [3.63, 3.8) is 0 Å². The molecule has 0 bridgehead atoms. The number of anilines is 2. The van der Waals surface area contributed by atoms with E-state index in [-0.39, 0.29) is 17.7 Å². The van der Waals surface area contributed by atoms with Gasteiger partial charge >= 0.3 is 6.09 Å². The fourth-order valence-corrected chi connectivity index (χ4v) is 5.10. The molecule has 37 heavy (non-hydrogen) atoms. The molecular weight excluding hydrogens is 488 g/mol. The smallest absolute Gasteiger partial charge is 0.410 e. The van der Waals surface area contributed by atoms with Crippen molar-refractivity contribution in [1.29, 1.82) is 0 Å². The Morgan fingerprint density at radius 3 is 2.57 bits per heavy atom. The van der Waals surface area contributed by atoms with Crippen LogP contribution in [0.5, 0.6) is 0 Å². The summed E-state index contributed by atoms with van der Waals surface area (Å²) in [5, 5.41) is 4.08. The first kappa shape index (κ1) is 24.6. The SMILES string of the molecule is CC(C)(C)OC(=O)N1CCN(c2ccncc2NC(=O)c2ccnc(-c3cc4ccccc4s3)n2)CC1. The van der Waals surface area contributed by atoms with Gasteiger partial charge in [-0.2, -0.15) is 0 Å². The molecule has 1 aliphatic heterocycles. The number of piperazine rings is 1. The van der Waals surface area contributed by atoms with Gasteiger partial charge in [0.15, 0.2) is 5.82 Å². The van der Waals surface area contributed by atoms with Crippen LogP contribution in [0.3, 0.4) is 0 Å². The maximum Gasteiger partial charge on any atom is 0.410 e. The summed E-state index contributed by atoms with van der Waals surface area (Å²) >= 11 is 1.59. The Balaban J connectivity index is 1.29. The second-order valence-electron chi connectivity index (χ2n) is 9.72. The first-order chi connectivity index (χ1) is 17.8. The summed E-state index contributed by atoms with van der Waals surface area (Å²) in [4.78, 5) is 43.4. The molecule has 190 valence electrons. The number of rotatable bonds is 4.